The third kappa shape index (κ3) is 3.31. The molecule has 0 bridgehead atoms. The van der Waals surface area contributed by atoms with E-state index in [1.165, 1.54) is 0 Å². The van der Waals surface area contributed by atoms with Crippen LogP contribution in [0.1, 0.15) is 16.7 Å². The molecule has 0 unspecified atom stereocenters. The molecule has 2 aromatic rings. The van der Waals surface area contributed by atoms with Crippen LogP contribution in [0.25, 0.3) is 0 Å². The summed E-state index contributed by atoms with van der Waals surface area (Å²) in [6.45, 7) is 2.63. The summed E-state index contributed by atoms with van der Waals surface area (Å²) in [6, 6.07) is 12.0. The van der Waals surface area contributed by atoms with Crippen LogP contribution < -0.4 is 4.74 Å². The zero-order chi connectivity index (χ0) is 12.8. The first-order chi connectivity index (χ1) is 8.79. The summed E-state index contributed by atoms with van der Waals surface area (Å²) < 4.78 is 5.68. The maximum absolute atomic E-state index is 8.87. The molecule has 0 saturated heterocycles. The Labute approximate surface area is 107 Å². The molecule has 3 nitrogen and oxygen atoms in total. The highest BCUT2D eigenvalue weighted by Gasteiger charge is 2.03. The third-order valence-corrected chi connectivity index (χ3v) is 2.71. The van der Waals surface area contributed by atoms with Crippen molar-refractivity contribution < 1.29 is 9.84 Å². The number of hydrogen-bond acceptors (Lipinski definition) is 3. The number of nitrogens with zero attached hydrogens (tertiary/aromatic N) is 1. The van der Waals surface area contributed by atoms with Crippen molar-refractivity contribution in [1.82, 2.24) is 4.98 Å². The number of hydrogen-bond donors (Lipinski definition) is 1. The summed E-state index contributed by atoms with van der Waals surface area (Å²) >= 11 is 0. The molecule has 3 heteroatoms. The van der Waals surface area contributed by atoms with Crippen molar-refractivity contribution in [2.45, 2.75) is 20.0 Å². The number of rotatable bonds is 5. The van der Waals surface area contributed by atoms with Gasteiger partial charge in [-0.3, -0.25) is 0 Å². The van der Waals surface area contributed by atoms with Crippen LogP contribution >= 0.6 is 0 Å². The van der Waals surface area contributed by atoms with Gasteiger partial charge in [-0.15, -0.1) is 0 Å². The molecule has 0 aliphatic carbocycles. The molecule has 0 amide bonds. The van der Waals surface area contributed by atoms with Crippen LogP contribution in [0.4, 0.5) is 0 Å². The lowest BCUT2D eigenvalue weighted by Gasteiger charge is -2.09. The summed E-state index contributed by atoms with van der Waals surface area (Å²) in [5.74, 6) is 0.653. The number of aromatic nitrogens is 1. The van der Waals surface area contributed by atoms with Gasteiger partial charge in [0.05, 0.1) is 0 Å². The van der Waals surface area contributed by atoms with Crippen molar-refractivity contribution in [3.05, 3.63) is 59.3 Å². The number of pyridine rings is 1. The van der Waals surface area contributed by atoms with Gasteiger partial charge in [-0.25, -0.2) is 4.98 Å². The van der Waals surface area contributed by atoms with Crippen LogP contribution in [0.3, 0.4) is 0 Å². The van der Waals surface area contributed by atoms with E-state index in [0.29, 0.717) is 18.9 Å². The molecule has 0 saturated carbocycles. The Morgan fingerprint density at radius 2 is 1.94 bits per heavy atom. The van der Waals surface area contributed by atoms with E-state index < -0.39 is 0 Å². The van der Waals surface area contributed by atoms with E-state index in [0.717, 1.165) is 16.7 Å². The smallest absolute Gasteiger partial charge is 0.216 e. The van der Waals surface area contributed by atoms with Gasteiger partial charge < -0.3 is 9.84 Å². The molecule has 1 N–H and O–H groups in total. The van der Waals surface area contributed by atoms with E-state index in [4.69, 9.17) is 9.84 Å². The van der Waals surface area contributed by atoms with Gasteiger partial charge >= 0.3 is 0 Å². The molecular formula is C15H17NO2. The lowest BCUT2D eigenvalue weighted by Crippen LogP contribution is -2.00. The Bertz CT molecular complexity index is 497. The van der Waals surface area contributed by atoms with Crippen molar-refractivity contribution in [3.63, 3.8) is 0 Å². The average Bonchev–Trinajstić information content (AvgIpc) is 2.39. The average molecular weight is 243 g/mol. The van der Waals surface area contributed by atoms with Crippen LogP contribution in [-0.4, -0.2) is 16.7 Å². The van der Waals surface area contributed by atoms with E-state index in [1.54, 1.807) is 6.20 Å². The zero-order valence-corrected chi connectivity index (χ0v) is 10.5. The number of aliphatic hydroxyl groups is 1. The quantitative estimate of drug-likeness (QED) is 0.877. The molecule has 1 heterocycles. The summed E-state index contributed by atoms with van der Waals surface area (Å²) in [7, 11) is 0. The Kier molecular flexibility index (Phi) is 4.31. The standard InChI is InChI=1S/C15H17NO2/c1-12-9-14(7-8-17)10-16-15(12)18-11-13-5-3-2-4-6-13/h2-6,9-10,17H,7-8,11H2,1H3. The second-order valence-electron chi connectivity index (χ2n) is 4.21. The molecule has 0 radical (unpaired) electrons. The number of ether oxygens (including phenoxy) is 1. The predicted octanol–water partition coefficient (Wildman–Crippen LogP) is 2.50. The molecule has 2 rings (SSSR count). The van der Waals surface area contributed by atoms with Crippen LogP contribution in [-0.2, 0) is 13.0 Å². The second kappa shape index (κ2) is 6.17. The van der Waals surface area contributed by atoms with Gasteiger partial charge in [0.2, 0.25) is 5.88 Å². The first-order valence-corrected chi connectivity index (χ1v) is 6.02. The van der Waals surface area contributed by atoms with Crippen LogP contribution in [0.2, 0.25) is 0 Å². The SMILES string of the molecule is Cc1cc(CCO)cnc1OCc1ccccc1. The minimum Gasteiger partial charge on any atom is -0.473 e. The molecule has 0 spiro atoms. The Balaban J connectivity index is 2.01. The molecule has 0 aliphatic rings. The molecule has 0 fully saturated rings. The molecule has 18 heavy (non-hydrogen) atoms. The van der Waals surface area contributed by atoms with Crippen molar-refractivity contribution in [3.8, 4) is 5.88 Å². The molecule has 0 aliphatic heterocycles. The summed E-state index contributed by atoms with van der Waals surface area (Å²) in [5, 5.41) is 8.87. The van der Waals surface area contributed by atoms with Crippen LogP contribution in [0.15, 0.2) is 42.6 Å². The first-order valence-electron chi connectivity index (χ1n) is 6.02. The monoisotopic (exact) mass is 243 g/mol. The lowest BCUT2D eigenvalue weighted by molar-refractivity contribution is 0.289. The van der Waals surface area contributed by atoms with Crippen molar-refractivity contribution in [1.29, 1.82) is 0 Å². The highest BCUT2D eigenvalue weighted by molar-refractivity contribution is 5.29. The van der Waals surface area contributed by atoms with Gasteiger partial charge in [-0.1, -0.05) is 30.3 Å². The van der Waals surface area contributed by atoms with E-state index >= 15 is 0 Å². The summed E-state index contributed by atoms with van der Waals surface area (Å²) in [6.07, 6.45) is 2.39. The largest absolute Gasteiger partial charge is 0.473 e. The van der Waals surface area contributed by atoms with Gasteiger partial charge in [-0.2, -0.15) is 0 Å². The first kappa shape index (κ1) is 12.6. The zero-order valence-electron chi connectivity index (χ0n) is 10.5. The normalized spacial score (nSPS) is 10.3. The number of aliphatic hydroxyl groups excluding tert-OH is 1. The fourth-order valence-electron chi connectivity index (χ4n) is 1.76. The third-order valence-electron chi connectivity index (χ3n) is 2.71. The van der Waals surface area contributed by atoms with E-state index in [-0.39, 0.29) is 6.61 Å². The highest BCUT2D eigenvalue weighted by atomic mass is 16.5. The summed E-state index contributed by atoms with van der Waals surface area (Å²) in [4.78, 5) is 4.28. The van der Waals surface area contributed by atoms with E-state index in [1.807, 2.05) is 43.3 Å². The molecule has 1 aromatic carbocycles. The van der Waals surface area contributed by atoms with Gasteiger partial charge in [0.25, 0.3) is 0 Å². The molecular weight excluding hydrogens is 226 g/mol. The lowest BCUT2D eigenvalue weighted by atomic mass is 10.1. The molecule has 94 valence electrons. The highest BCUT2D eigenvalue weighted by Crippen LogP contribution is 2.17. The maximum atomic E-state index is 8.87. The summed E-state index contributed by atoms with van der Waals surface area (Å²) in [5.41, 5.74) is 3.15. The minimum absolute atomic E-state index is 0.144. The Hall–Kier alpha value is -1.87. The minimum atomic E-state index is 0.144. The van der Waals surface area contributed by atoms with Crippen molar-refractivity contribution in [2.24, 2.45) is 0 Å². The fourth-order valence-corrected chi connectivity index (χ4v) is 1.76. The van der Waals surface area contributed by atoms with Crippen molar-refractivity contribution >= 4 is 0 Å². The Morgan fingerprint density at radius 1 is 1.17 bits per heavy atom. The Morgan fingerprint density at radius 3 is 2.61 bits per heavy atom. The van der Waals surface area contributed by atoms with Crippen molar-refractivity contribution in [2.75, 3.05) is 6.61 Å². The van der Waals surface area contributed by atoms with Gasteiger partial charge in [-0.05, 0) is 30.5 Å². The van der Waals surface area contributed by atoms with Crippen LogP contribution in [0, 0.1) is 6.92 Å². The topological polar surface area (TPSA) is 42.4 Å². The maximum Gasteiger partial charge on any atom is 0.216 e. The predicted molar refractivity (Wildman–Crippen MR) is 70.5 cm³/mol. The van der Waals surface area contributed by atoms with Gasteiger partial charge in [0.1, 0.15) is 6.61 Å². The molecule has 1 aromatic heterocycles. The second-order valence-corrected chi connectivity index (χ2v) is 4.21. The fraction of sp³-hybridized carbons (Fsp3) is 0.267. The molecule has 0 atom stereocenters. The van der Waals surface area contributed by atoms with Crippen LogP contribution in [0.5, 0.6) is 5.88 Å². The van der Waals surface area contributed by atoms with Gasteiger partial charge in [0, 0.05) is 18.4 Å². The van der Waals surface area contributed by atoms with Gasteiger partial charge in [0.15, 0.2) is 0 Å². The van der Waals surface area contributed by atoms with E-state index in [2.05, 4.69) is 4.98 Å². The van der Waals surface area contributed by atoms with E-state index in [9.17, 15) is 0 Å². The number of aryl methyl sites for hydroxylation is 1. The number of benzene rings is 1.